The van der Waals surface area contributed by atoms with Crippen LogP contribution in [0.1, 0.15) is 37.8 Å². The number of rotatable bonds is 2. The fourth-order valence-electron chi connectivity index (χ4n) is 2.64. The summed E-state index contributed by atoms with van der Waals surface area (Å²) in [6.07, 6.45) is -4.30. The first kappa shape index (κ1) is 14.2. The third-order valence-corrected chi connectivity index (χ3v) is 3.72. The largest absolute Gasteiger partial charge is 0.416 e. The molecule has 2 rings (SSSR count). The van der Waals surface area contributed by atoms with Gasteiger partial charge in [0.1, 0.15) is 0 Å². The fourth-order valence-corrected chi connectivity index (χ4v) is 2.64. The van der Waals surface area contributed by atoms with Crippen molar-refractivity contribution < 1.29 is 13.2 Å². The van der Waals surface area contributed by atoms with Gasteiger partial charge in [-0.2, -0.15) is 13.2 Å². The van der Waals surface area contributed by atoms with Crippen molar-refractivity contribution >= 4 is 5.69 Å². The van der Waals surface area contributed by atoms with Gasteiger partial charge in [0.15, 0.2) is 0 Å². The van der Waals surface area contributed by atoms with Crippen LogP contribution in [-0.2, 0) is 6.18 Å². The van der Waals surface area contributed by atoms with Gasteiger partial charge in [0, 0.05) is 30.2 Å². The molecule has 1 heterocycles. The Kier molecular flexibility index (Phi) is 3.51. The molecule has 106 valence electrons. The van der Waals surface area contributed by atoms with Gasteiger partial charge in [-0.25, -0.2) is 0 Å². The Morgan fingerprint density at radius 3 is 2.37 bits per heavy atom. The summed E-state index contributed by atoms with van der Waals surface area (Å²) < 4.78 is 38.4. The maximum absolute atomic E-state index is 12.8. The molecule has 1 aliphatic heterocycles. The lowest BCUT2D eigenvalue weighted by Crippen LogP contribution is -2.33. The smallest absolute Gasteiger partial charge is 0.368 e. The Morgan fingerprint density at radius 2 is 1.89 bits per heavy atom. The molecule has 19 heavy (non-hydrogen) atoms. The van der Waals surface area contributed by atoms with E-state index < -0.39 is 11.7 Å². The summed E-state index contributed by atoms with van der Waals surface area (Å²) in [7, 11) is 0. The summed E-state index contributed by atoms with van der Waals surface area (Å²) in [5, 5.41) is 0. The first-order chi connectivity index (χ1) is 8.71. The molecular weight excluding hydrogens is 253 g/mol. The van der Waals surface area contributed by atoms with Gasteiger partial charge < -0.3 is 10.6 Å². The molecule has 2 atom stereocenters. The zero-order chi connectivity index (χ0) is 14.4. The van der Waals surface area contributed by atoms with Gasteiger partial charge in [-0.3, -0.25) is 0 Å². The number of nitrogens with zero attached hydrogens (tertiary/aromatic N) is 1. The van der Waals surface area contributed by atoms with E-state index in [1.165, 1.54) is 6.07 Å². The Bertz CT molecular complexity index is 466. The van der Waals surface area contributed by atoms with Crippen molar-refractivity contribution in [3.63, 3.8) is 0 Å². The molecule has 0 aliphatic carbocycles. The van der Waals surface area contributed by atoms with Crippen LogP contribution in [0.2, 0.25) is 0 Å². The SMILES string of the molecule is CC(N)C1CN(C(C)C)c2ccc(C(F)(F)F)cc21. The normalized spacial score (nSPS) is 20.8. The van der Waals surface area contributed by atoms with Crippen LogP contribution in [0.5, 0.6) is 0 Å². The number of hydrogen-bond acceptors (Lipinski definition) is 2. The molecule has 2 unspecified atom stereocenters. The van der Waals surface area contributed by atoms with Crippen molar-refractivity contribution in [1.82, 2.24) is 0 Å². The molecule has 0 amide bonds. The van der Waals surface area contributed by atoms with Crippen LogP contribution < -0.4 is 10.6 Å². The van der Waals surface area contributed by atoms with Gasteiger partial charge in [0.05, 0.1) is 5.56 Å². The lowest BCUT2D eigenvalue weighted by Gasteiger charge is -2.25. The third-order valence-electron chi connectivity index (χ3n) is 3.72. The van der Waals surface area contributed by atoms with Gasteiger partial charge in [-0.15, -0.1) is 0 Å². The number of hydrogen-bond donors (Lipinski definition) is 1. The highest BCUT2D eigenvalue weighted by molar-refractivity contribution is 5.62. The zero-order valence-corrected chi connectivity index (χ0v) is 11.3. The van der Waals surface area contributed by atoms with Crippen molar-refractivity contribution in [2.75, 3.05) is 11.4 Å². The van der Waals surface area contributed by atoms with Crippen LogP contribution >= 0.6 is 0 Å². The van der Waals surface area contributed by atoms with E-state index in [-0.39, 0.29) is 18.0 Å². The molecule has 0 bridgehead atoms. The van der Waals surface area contributed by atoms with E-state index in [0.29, 0.717) is 6.54 Å². The molecule has 1 aromatic carbocycles. The molecule has 0 saturated heterocycles. The Balaban J connectivity index is 2.49. The minimum Gasteiger partial charge on any atom is -0.368 e. The summed E-state index contributed by atoms with van der Waals surface area (Å²) in [6.45, 7) is 6.60. The number of halogens is 3. The van der Waals surface area contributed by atoms with Gasteiger partial charge >= 0.3 is 6.18 Å². The zero-order valence-electron chi connectivity index (χ0n) is 11.3. The van der Waals surface area contributed by atoms with Crippen LogP contribution in [-0.4, -0.2) is 18.6 Å². The summed E-state index contributed by atoms with van der Waals surface area (Å²) in [4.78, 5) is 2.11. The fraction of sp³-hybridized carbons (Fsp3) is 0.571. The van der Waals surface area contributed by atoms with Crippen LogP contribution in [0.3, 0.4) is 0 Å². The standard InChI is InChI=1S/C14H19F3N2/c1-8(2)19-7-12(9(3)18)11-6-10(14(15,16)17)4-5-13(11)19/h4-6,8-9,12H,7,18H2,1-3H3. The maximum Gasteiger partial charge on any atom is 0.416 e. The average Bonchev–Trinajstić information content (AvgIpc) is 2.66. The molecule has 1 aliphatic rings. The molecule has 2 N–H and O–H groups in total. The molecular formula is C14H19F3N2. The summed E-state index contributed by atoms with van der Waals surface area (Å²) in [6, 6.07) is 4.06. The lowest BCUT2D eigenvalue weighted by molar-refractivity contribution is -0.137. The van der Waals surface area contributed by atoms with E-state index in [0.717, 1.165) is 17.3 Å². The van der Waals surface area contributed by atoms with E-state index in [1.807, 2.05) is 20.8 Å². The molecule has 2 nitrogen and oxygen atoms in total. The quantitative estimate of drug-likeness (QED) is 0.894. The van der Waals surface area contributed by atoms with Gasteiger partial charge in [-0.05, 0) is 44.5 Å². The second-order valence-electron chi connectivity index (χ2n) is 5.48. The highest BCUT2D eigenvalue weighted by atomic mass is 19.4. The van der Waals surface area contributed by atoms with Gasteiger partial charge in [-0.1, -0.05) is 0 Å². The van der Waals surface area contributed by atoms with Gasteiger partial charge in [0.25, 0.3) is 0 Å². The Morgan fingerprint density at radius 1 is 1.26 bits per heavy atom. The molecule has 0 radical (unpaired) electrons. The Hall–Kier alpha value is -1.23. The predicted octanol–water partition coefficient (Wildman–Crippen LogP) is 3.36. The molecule has 0 saturated carbocycles. The van der Waals surface area contributed by atoms with Crippen LogP contribution in [0.25, 0.3) is 0 Å². The van der Waals surface area contributed by atoms with Crippen molar-refractivity contribution in [3.8, 4) is 0 Å². The molecule has 0 fully saturated rings. The van der Waals surface area contributed by atoms with Crippen molar-refractivity contribution in [2.24, 2.45) is 5.73 Å². The third kappa shape index (κ3) is 2.56. The average molecular weight is 272 g/mol. The molecule has 0 aromatic heterocycles. The van der Waals surface area contributed by atoms with E-state index in [4.69, 9.17) is 5.73 Å². The summed E-state index contributed by atoms with van der Waals surface area (Å²) in [5.74, 6) is -0.0419. The predicted molar refractivity (Wildman–Crippen MR) is 70.3 cm³/mol. The number of fused-ring (bicyclic) bond motifs is 1. The first-order valence-electron chi connectivity index (χ1n) is 6.45. The van der Waals surface area contributed by atoms with Crippen molar-refractivity contribution in [3.05, 3.63) is 29.3 Å². The molecule has 1 aromatic rings. The minimum atomic E-state index is -4.30. The van der Waals surface area contributed by atoms with E-state index in [1.54, 1.807) is 6.07 Å². The monoisotopic (exact) mass is 272 g/mol. The maximum atomic E-state index is 12.8. The summed E-state index contributed by atoms with van der Waals surface area (Å²) in [5.41, 5.74) is 6.93. The van der Waals surface area contributed by atoms with Gasteiger partial charge in [0.2, 0.25) is 0 Å². The van der Waals surface area contributed by atoms with Crippen LogP contribution in [0, 0.1) is 0 Å². The van der Waals surface area contributed by atoms with E-state index in [2.05, 4.69) is 4.90 Å². The van der Waals surface area contributed by atoms with Crippen LogP contribution in [0.4, 0.5) is 18.9 Å². The van der Waals surface area contributed by atoms with Crippen LogP contribution in [0.15, 0.2) is 18.2 Å². The molecule has 0 spiro atoms. The lowest BCUT2D eigenvalue weighted by atomic mass is 9.93. The minimum absolute atomic E-state index is 0.0419. The summed E-state index contributed by atoms with van der Waals surface area (Å²) >= 11 is 0. The van der Waals surface area contributed by atoms with Crippen molar-refractivity contribution in [1.29, 1.82) is 0 Å². The molecule has 5 heteroatoms. The first-order valence-corrected chi connectivity index (χ1v) is 6.45. The number of benzene rings is 1. The highest BCUT2D eigenvalue weighted by Crippen LogP contribution is 2.42. The second kappa shape index (κ2) is 4.71. The topological polar surface area (TPSA) is 29.3 Å². The number of anilines is 1. The Labute approximate surface area is 111 Å². The highest BCUT2D eigenvalue weighted by Gasteiger charge is 2.36. The number of alkyl halides is 3. The number of nitrogens with two attached hydrogens (primary N) is 1. The van der Waals surface area contributed by atoms with E-state index >= 15 is 0 Å². The van der Waals surface area contributed by atoms with Crippen molar-refractivity contribution in [2.45, 2.75) is 44.9 Å². The second-order valence-corrected chi connectivity index (χ2v) is 5.48. The van der Waals surface area contributed by atoms with E-state index in [9.17, 15) is 13.2 Å².